The number of ether oxygens (including phenoxy) is 2. The molecule has 2 N–H and O–H groups in total. The number of hydrogen-bond acceptors (Lipinski definition) is 6. The molecule has 3 aromatic rings. The number of anilines is 1. The van der Waals surface area contributed by atoms with E-state index >= 15 is 0 Å². The summed E-state index contributed by atoms with van der Waals surface area (Å²) >= 11 is 12.4. The predicted molar refractivity (Wildman–Crippen MR) is 139 cm³/mol. The van der Waals surface area contributed by atoms with Gasteiger partial charge >= 0.3 is 0 Å². The molecule has 0 unspecified atom stereocenters. The fourth-order valence-corrected chi connectivity index (χ4v) is 4.52. The van der Waals surface area contributed by atoms with Crippen molar-refractivity contribution in [3.63, 3.8) is 0 Å². The first kappa shape index (κ1) is 25.8. The molecule has 8 nitrogen and oxygen atoms in total. The van der Waals surface area contributed by atoms with Crippen LogP contribution >= 0.6 is 23.2 Å². The number of nitrogens with zero attached hydrogens (tertiary/aromatic N) is 2. The van der Waals surface area contributed by atoms with E-state index in [9.17, 15) is 9.59 Å². The summed E-state index contributed by atoms with van der Waals surface area (Å²) in [5.74, 6) is 0.308. The molecular formula is C26H26Cl2N4O4. The Balaban J connectivity index is 1.34. The summed E-state index contributed by atoms with van der Waals surface area (Å²) in [7, 11) is 0. The molecule has 2 amide bonds. The van der Waals surface area contributed by atoms with Crippen LogP contribution in [0.5, 0.6) is 11.6 Å². The van der Waals surface area contributed by atoms with Crippen LogP contribution in [0.25, 0.3) is 0 Å². The monoisotopic (exact) mass is 528 g/mol. The third-order valence-electron chi connectivity index (χ3n) is 5.53. The first-order valence-corrected chi connectivity index (χ1v) is 12.2. The van der Waals surface area contributed by atoms with Crippen molar-refractivity contribution in [3.8, 4) is 11.6 Å². The van der Waals surface area contributed by atoms with E-state index < -0.39 is 6.04 Å². The Morgan fingerprint density at radius 3 is 2.53 bits per heavy atom. The maximum absolute atomic E-state index is 12.9. The number of piperazine rings is 1. The van der Waals surface area contributed by atoms with E-state index in [-0.39, 0.29) is 31.6 Å². The van der Waals surface area contributed by atoms with Crippen molar-refractivity contribution in [2.24, 2.45) is 0 Å². The zero-order valence-corrected chi connectivity index (χ0v) is 21.2. The quantitative estimate of drug-likeness (QED) is 0.410. The van der Waals surface area contributed by atoms with Crippen LogP contribution in [-0.4, -0.2) is 49.1 Å². The van der Waals surface area contributed by atoms with Gasteiger partial charge < -0.3 is 20.1 Å². The third-order valence-corrected chi connectivity index (χ3v) is 6.09. The van der Waals surface area contributed by atoms with E-state index in [1.807, 2.05) is 37.3 Å². The van der Waals surface area contributed by atoms with Crippen LogP contribution in [0.15, 0.2) is 60.8 Å². The van der Waals surface area contributed by atoms with Crippen molar-refractivity contribution in [3.05, 3.63) is 82.0 Å². The molecular weight excluding hydrogens is 503 g/mol. The first-order chi connectivity index (χ1) is 17.4. The number of carbonyl (C=O) groups is 2. The van der Waals surface area contributed by atoms with Gasteiger partial charge in [0, 0.05) is 19.2 Å². The average Bonchev–Trinajstić information content (AvgIpc) is 2.87. The molecule has 0 radical (unpaired) electrons. The Kier molecular flexibility index (Phi) is 8.64. The van der Waals surface area contributed by atoms with Crippen LogP contribution in [0.3, 0.4) is 0 Å². The van der Waals surface area contributed by atoms with Gasteiger partial charge in [-0.05, 0) is 36.2 Å². The Hall–Kier alpha value is -3.33. The molecule has 1 aliphatic heterocycles. The molecule has 1 fully saturated rings. The van der Waals surface area contributed by atoms with Crippen molar-refractivity contribution in [1.29, 1.82) is 0 Å². The summed E-state index contributed by atoms with van der Waals surface area (Å²) in [6, 6.07) is 15.8. The van der Waals surface area contributed by atoms with Crippen molar-refractivity contribution in [2.45, 2.75) is 19.5 Å². The molecule has 10 heteroatoms. The van der Waals surface area contributed by atoms with Crippen LogP contribution in [0.4, 0.5) is 5.69 Å². The highest BCUT2D eigenvalue weighted by molar-refractivity contribution is 6.37. The lowest BCUT2D eigenvalue weighted by Gasteiger charge is -2.34. The van der Waals surface area contributed by atoms with E-state index in [2.05, 4.69) is 15.6 Å². The molecule has 2 heterocycles. The number of aryl methyl sites for hydroxylation is 1. The standard InChI is InChI=1S/C26H26Cl2N4O4/c1-17-11-20(27)25(21(28)12-17)36-10-9-35-23-8-7-19(14-30-23)32-22(15-29-16-24(32)33)26(34)31-13-18-5-3-2-4-6-18/h2-8,11-12,14,22,29H,9-10,13,15-16H2,1H3,(H,31,34)/t22-/m1/s1. The smallest absolute Gasteiger partial charge is 0.244 e. The fourth-order valence-electron chi connectivity index (χ4n) is 3.82. The fraction of sp³-hybridized carbons (Fsp3) is 0.269. The summed E-state index contributed by atoms with van der Waals surface area (Å²) in [5, 5.41) is 6.78. The van der Waals surface area contributed by atoms with Gasteiger partial charge in [-0.1, -0.05) is 53.5 Å². The van der Waals surface area contributed by atoms with Crippen LogP contribution < -0.4 is 25.0 Å². The maximum Gasteiger partial charge on any atom is 0.244 e. The molecule has 0 aliphatic carbocycles. The molecule has 0 saturated carbocycles. The molecule has 188 valence electrons. The van der Waals surface area contributed by atoms with Crippen molar-refractivity contribution in [1.82, 2.24) is 15.6 Å². The summed E-state index contributed by atoms with van der Waals surface area (Å²) in [4.78, 5) is 31.3. The number of benzene rings is 2. The summed E-state index contributed by atoms with van der Waals surface area (Å²) in [5.41, 5.74) is 2.44. The lowest BCUT2D eigenvalue weighted by atomic mass is 10.1. The largest absolute Gasteiger partial charge is 0.487 e. The molecule has 1 saturated heterocycles. The number of nitrogens with one attached hydrogen (secondary N) is 2. The second-order valence-corrected chi connectivity index (χ2v) is 9.04. The Morgan fingerprint density at radius 1 is 1.11 bits per heavy atom. The van der Waals surface area contributed by atoms with Crippen LogP contribution in [0, 0.1) is 6.92 Å². The second kappa shape index (κ2) is 12.1. The molecule has 1 aliphatic rings. The zero-order chi connectivity index (χ0) is 25.5. The Morgan fingerprint density at radius 2 is 1.83 bits per heavy atom. The summed E-state index contributed by atoms with van der Waals surface area (Å²) < 4.78 is 11.3. The number of amides is 2. The van der Waals surface area contributed by atoms with E-state index in [1.54, 1.807) is 24.3 Å². The van der Waals surface area contributed by atoms with Crippen molar-refractivity contribution >= 4 is 40.7 Å². The number of pyridine rings is 1. The minimum atomic E-state index is -0.694. The van der Waals surface area contributed by atoms with Crippen molar-refractivity contribution in [2.75, 3.05) is 31.2 Å². The minimum absolute atomic E-state index is 0.141. The van der Waals surface area contributed by atoms with E-state index in [1.165, 1.54) is 11.1 Å². The van der Waals surface area contributed by atoms with Crippen LogP contribution in [0.2, 0.25) is 10.0 Å². The molecule has 4 rings (SSSR count). The zero-order valence-electron chi connectivity index (χ0n) is 19.7. The van der Waals surface area contributed by atoms with Gasteiger partial charge in [0.1, 0.15) is 19.3 Å². The molecule has 36 heavy (non-hydrogen) atoms. The maximum atomic E-state index is 12.9. The third kappa shape index (κ3) is 6.46. The predicted octanol–water partition coefficient (Wildman–Crippen LogP) is 3.78. The van der Waals surface area contributed by atoms with Gasteiger partial charge in [-0.3, -0.25) is 14.5 Å². The highest BCUT2D eigenvalue weighted by atomic mass is 35.5. The summed E-state index contributed by atoms with van der Waals surface area (Å²) in [6.07, 6.45) is 1.52. The van der Waals surface area contributed by atoms with Gasteiger partial charge in [0.15, 0.2) is 5.75 Å². The number of rotatable bonds is 9. The van der Waals surface area contributed by atoms with E-state index in [0.29, 0.717) is 40.5 Å². The highest BCUT2D eigenvalue weighted by Gasteiger charge is 2.34. The van der Waals surface area contributed by atoms with Crippen LogP contribution in [0.1, 0.15) is 11.1 Å². The van der Waals surface area contributed by atoms with Gasteiger partial charge in [-0.2, -0.15) is 0 Å². The van der Waals surface area contributed by atoms with Crippen molar-refractivity contribution < 1.29 is 19.1 Å². The van der Waals surface area contributed by atoms with E-state index in [0.717, 1.165) is 11.1 Å². The second-order valence-electron chi connectivity index (χ2n) is 8.22. The van der Waals surface area contributed by atoms with Gasteiger partial charge in [0.05, 0.1) is 28.5 Å². The van der Waals surface area contributed by atoms with Gasteiger partial charge in [-0.25, -0.2) is 4.98 Å². The lowest BCUT2D eigenvalue weighted by molar-refractivity contribution is -0.127. The topological polar surface area (TPSA) is 92.8 Å². The van der Waals surface area contributed by atoms with Gasteiger partial charge in [0.2, 0.25) is 17.7 Å². The first-order valence-electron chi connectivity index (χ1n) is 11.4. The molecule has 1 atom stereocenters. The molecule has 0 spiro atoms. The van der Waals surface area contributed by atoms with E-state index in [4.69, 9.17) is 32.7 Å². The Bertz CT molecular complexity index is 1190. The SMILES string of the molecule is Cc1cc(Cl)c(OCCOc2ccc(N3C(=O)CNC[C@@H]3C(=O)NCc3ccccc3)cn2)c(Cl)c1. The van der Waals surface area contributed by atoms with Gasteiger partial charge in [0.25, 0.3) is 0 Å². The minimum Gasteiger partial charge on any atom is -0.487 e. The number of aromatic nitrogens is 1. The highest BCUT2D eigenvalue weighted by Crippen LogP contribution is 2.34. The molecule has 1 aromatic heterocycles. The van der Waals surface area contributed by atoms with Gasteiger partial charge in [-0.15, -0.1) is 0 Å². The lowest BCUT2D eigenvalue weighted by Crippen LogP contribution is -2.60. The average molecular weight is 529 g/mol. The molecule has 2 aromatic carbocycles. The van der Waals surface area contributed by atoms with Crippen LogP contribution in [-0.2, 0) is 16.1 Å². The number of hydrogen-bond donors (Lipinski definition) is 2. The normalized spacial score (nSPS) is 15.5. The summed E-state index contributed by atoms with van der Waals surface area (Å²) in [6.45, 7) is 3.18. The number of halogens is 2. The molecule has 0 bridgehead atoms. The number of carbonyl (C=O) groups excluding carboxylic acids is 2. The Labute approximate surface area is 219 Å².